The summed E-state index contributed by atoms with van der Waals surface area (Å²) in [6, 6.07) is 5.72. The predicted molar refractivity (Wildman–Crippen MR) is 126 cm³/mol. The van der Waals surface area contributed by atoms with Crippen LogP contribution in [0.2, 0.25) is 0 Å². The Labute approximate surface area is 193 Å². The highest BCUT2D eigenvalue weighted by atomic mass is 32.2. The molecule has 2 fully saturated rings. The third kappa shape index (κ3) is 5.38. The fourth-order valence-electron chi connectivity index (χ4n) is 3.68. The van der Waals surface area contributed by atoms with E-state index in [1.807, 2.05) is 57.7 Å². The molecule has 2 saturated heterocycles. The number of imide groups is 1. The summed E-state index contributed by atoms with van der Waals surface area (Å²) in [6.07, 6.45) is -0.193. The Morgan fingerprint density at radius 1 is 1.06 bits per heavy atom. The highest BCUT2D eigenvalue weighted by Gasteiger charge is 2.42. The molecule has 0 aliphatic carbocycles. The van der Waals surface area contributed by atoms with Crippen LogP contribution in [-0.2, 0) is 14.3 Å². The van der Waals surface area contributed by atoms with Gasteiger partial charge in [0.25, 0.3) is 0 Å². The molecule has 0 unspecified atom stereocenters. The quantitative estimate of drug-likeness (QED) is 0.491. The van der Waals surface area contributed by atoms with Crippen molar-refractivity contribution in [3.63, 3.8) is 0 Å². The number of carbonyl (C=O) groups excluding carboxylic acids is 3. The Kier molecular flexibility index (Phi) is 6.95. The lowest BCUT2D eigenvalue weighted by Crippen LogP contribution is -2.51. The van der Waals surface area contributed by atoms with E-state index in [1.165, 1.54) is 16.7 Å². The first kappa shape index (κ1) is 23.5. The van der Waals surface area contributed by atoms with Gasteiger partial charge in [-0.1, -0.05) is 42.2 Å². The first-order chi connectivity index (χ1) is 14.5. The average Bonchev–Trinajstić information content (AvgIpc) is 2.94. The Balaban J connectivity index is 1.59. The number of carbonyl (C=O) groups is 3. The van der Waals surface area contributed by atoms with Crippen LogP contribution in [0.1, 0.15) is 38.3 Å². The molecule has 0 aromatic heterocycles. The van der Waals surface area contributed by atoms with Crippen molar-refractivity contribution in [1.82, 2.24) is 9.80 Å². The summed E-state index contributed by atoms with van der Waals surface area (Å²) in [5, 5.41) is -0.525. The largest absolute Gasteiger partial charge is 0.444 e. The zero-order valence-electron chi connectivity index (χ0n) is 18.6. The van der Waals surface area contributed by atoms with Gasteiger partial charge in [0, 0.05) is 32.6 Å². The fraction of sp³-hybridized carbons (Fsp3) is 0.545. The molecule has 2 aliphatic rings. The molecule has 9 heteroatoms. The molecule has 0 spiro atoms. The van der Waals surface area contributed by atoms with Crippen molar-refractivity contribution in [2.24, 2.45) is 0 Å². The van der Waals surface area contributed by atoms with Gasteiger partial charge in [0.2, 0.25) is 11.8 Å². The lowest BCUT2D eigenvalue weighted by atomic mass is 10.1. The molecule has 1 atom stereocenters. The summed E-state index contributed by atoms with van der Waals surface area (Å²) in [7, 11) is 0. The molecule has 0 bridgehead atoms. The molecule has 0 saturated carbocycles. The van der Waals surface area contributed by atoms with E-state index < -0.39 is 10.9 Å². The number of amides is 3. The number of para-hydroxylation sites is 1. The second kappa shape index (κ2) is 9.16. The van der Waals surface area contributed by atoms with Crippen molar-refractivity contribution in [2.75, 3.05) is 31.1 Å². The molecule has 31 heavy (non-hydrogen) atoms. The molecule has 2 heterocycles. The highest BCUT2D eigenvalue weighted by molar-refractivity contribution is 8.23. The van der Waals surface area contributed by atoms with Crippen molar-refractivity contribution in [3.05, 3.63) is 29.3 Å². The third-order valence-corrected chi connectivity index (χ3v) is 6.86. The van der Waals surface area contributed by atoms with E-state index in [4.69, 9.17) is 17.0 Å². The molecule has 0 N–H and O–H groups in total. The second-order valence-electron chi connectivity index (χ2n) is 8.84. The molecular formula is C22H29N3O4S2. The molecular weight excluding hydrogens is 434 g/mol. The zero-order chi connectivity index (χ0) is 22.9. The molecule has 1 aromatic carbocycles. The highest BCUT2D eigenvalue weighted by Crippen LogP contribution is 2.34. The van der Waals surface area contributed by atoms with Crippen molar-refractivity contribution < 1.29 is 19.1 Å². The van der Waals surface area contributed by atoms with E-state index in [9.17, 15) is 14.4 Å². The van der Waals surface area contributed by atoms with Gasteiger partial charge in [-0.2, -0.15) is 0 Å². The predicted octanol–water partition coefficient (Wildman–Crippen LogP) is 3.51. The summed E-state index contributed by atoms with van der Waals surface area (Å²) < 4.78 is 6.00. The molecule has 168 valence electrons. The Morgan fingerprint density at radius 3 is 2.16 bits per heavy atom. The Bertz CT molecular complexity index is 884. The Morgan fingerprint density at radius 2 is 1.61 bits per heavy atom. The van der Waals surface area contributed by atoms with Crippen LogP contribution in [0.5, 0.6) is 0 Å². The number of benzene rings is 1. The number of rotatable bonds is 2. The van der Waals surface area contributed by atoms with Crippen LogP contribution < -0.4 is 4.90 Å². The van der Waals surface area contributed by atoms with Crippen LogP contribution in [-0.4, -0.2) is 69.1 Å². The number of hydrogen-bond donors (Lipinski definition) is 0. The Hall–Kier alpha value is -2.13. The van der Waals surface area contributed by atoms with Crippen LogP contribution >= 0.6 is 24.0 Å². The second-order valence-corrected chi connectivity index (χ2v) is 10.7. The van der Waals surface area contributed by atoms with Gasteiger partial charge < -0.3 is 14.5 Å². The molecule has 7 nitrogen and oxygen atoms in total. The summed E-state index contributed by atoms with van der Waals surface area (Å²) >= 11 is 6.84. The number of aryl methyl sites for hydroxylation is 2. The first-order valence-electron chi connectivity index (χ1n) is 10.3. The molecule has 1 aromatic rings. The van der Waals surface area contributed by atoms with E-state index in [0.717, 1.165) is 11.1 Å². The average molecular weight is 464 g/mol. The number of ether oxygens (including phenoxy) is 1. The van der Waals surface area contributed by atoms with Crippen LogP contribution in [0.25, 0.3) is 0 Å². The van der Waals surface area contributed by atoms with Gasteiger partial charge in [-0.25, -0.2) is 9.69 Å². The van der Waals surface area contributed by atoms with Crippen molar-refractivity contribution in [3.8, 4) is 0 Å². The number of anilines is 1. The summed E-state index contributed by atoms with van der Waals surface area (Å²) in [5.74, 6) is -0.417. The lowest BCUT2D eigenvalue weighted by molar-refractivity contribution is -0.121. The van der Waals surface area contributed by atoms with Crippen LogP contribution in [0.4, 0.5) is 10.5 Å². The monoisotopic (exact) mass is 463 g/mol. The number of piperazine rings is 1. The zero-order valence-corrected chi connectivity index (χ0v) is 20.3. The van der Waals surface area contributed by atoms with Crippen LogP contribution in [0.3, 0.4) is 0 Å². The SMILES string of the molecule is Cc1cccc(C)c1N1C(=O)C[C@@H](SC(=S)N2CCN(C(=O)OC(C)(C)C)CC2)C1=O. The van der Waals surface area contributed by atoms with Crippen molar-refractivity contribution >= 4 is 51.9 Å². The number of thioether (sulfide) groups is 1. The van der Waals surface area contributed by atoms with Gasteiger partial charge in [0.05, 0.1) is 5.69 Å². The maximum Gasteiger partial charge on any atom is 0.410 e. The molecule has 0 radical (unpaired) electrons. The summed E-state index contributed by atoms with van der Waals surface area (Å²) in [4.78, 5) is 42.9. The normalized spacial score (nSPS) is 19.8. The van der Waals surface area contributed by atoms with Gasteiger partial charge >= 0.3 is 6.09 Å². The number of hydrogen-bond acceptors (Lipinski definition) is 6. The van der Waals surface area contributed by atoms with E-state index in [-0.39, 0.29) is 24.3 Å². The lowest BCUT2D eigenvalue weighted by Gasteiger charge is -2.36. The van der Waals surface area contributed by atoms with Crippen molar-refractivity contribution in [1.29, 1.82) is 0 Å². The molecule has 2 aliphatic heterocycles. The third-order valence-electron chi connectivity index (χ3n) is 5.20. The first-order valence-corrected chi connectivity index (χ1v) is 11.6. The van der Waals surface area contributed by atoms with Gasteiger partial charge in [-0.05, 0) is 45.7 Å². The van der Waals surface area contributed by atoms with Gasteiger partial charge in [-0.3, -0.25) is 9.59 Å². The topological polar surface area (TPSA) is 70.2 Å². The van der Waals surface area contributed by atoms with Crippen LogP contribution in [0.15, 0.2) is 18.2 Å². The van der Waals surface area contributed by atoms with Crippen molar-refractivity contribution in [2.45, 2.75) is 51.9 Å². The number of thiocarbonyl (C=S) groups is 1. The molecule has 3 rings (SSSR count). The maximum atomic E-state index is 13.0. The minimum absolute atomic E-state index is 0.134. The molecule has 3 amide bonds. The van der Waals surface area contributed by atoms with Gasteiger partial charge in [0.1, 0.15) is 15.2 Å². The van der Waals surface area contributed by atoms with E-state index in [0.29, 0.717) is 36.2 Å². The maximum absolute atomic E-state index is 13.0. The van der Waals surface area contributed by atoms with Gasteiger partial charge in [-0.15, -0.1) is 0 Å². The van der Waals surface area contributed by atoms with E-state index in [1.54, 1.807) is 4.90 Å². The van der Waals surface area contributed by atoms with E-state index >= 15 is 0 Å². The smallest absolute Gasteiger partial charge is 0.410 e. The number of nitrogens with zero attached hydrogens (tertiary/aromatic N) is 3. The minimum atomic E-state index is -0.532. The summed E-state index contributed by atoms with van der Waals surface area (Å²) in [5.41, 5.74) is 1.94. The van der Waals surface area contributed by atoms with E-state index in [2.05, 4.69) is 0 Å². The fourth-order valence-corrected chi connectivity index (χ4v) is 5.22. The summed E-state index contributed by atoms with van der Waals surface area (Å²) in [6.45, 7) is 11.5. The van der Waals surface area contributed by atoms with Crippen LogP contribution in [0, 0.1) is 13.8 Å². The standard InChI is InChI=1S/C22H29N3O4S2/c1-14-7-6-8-15(2)18(14)25-17(26)13-16(19(25)27)31-21(30)24-11-9-23(10-12-24)20(28)29-22(3,4)5/h6-8,16H,9-13H2,1-5H3/t16-/m1/s1. The minimum Gasteiger partial charge on any atom is -0.444 e. The van der Waals surface area contributed by atoms with Gasteiger partial charge in [0.15, 0.2) is 0 Å².